The lowest BCUT2D eigenvalue weighted by Crippen LogP contribution is -2.48. The lowest BCUT2D eigenvalue weighted by Gasteiger charge is -2.42. The van der Waals surface area contributed by atoms with Gasteiger partial charge in [0.2, 0.25) is 17.7 Å². The number of nitrogens with one attached hydrogen (secondary N) is 3. The van der Waals surface area contributed by atoms with Gasteiger partial charge in [-0.2, -0.15) is 4.98 Å². The SMILES string of the molecule is Cc1c([C@@H](C)NC(=O)c2noc(C(C)(C)C)n2)ccc(-c2ncnc3[nH]c4cc(N5CCN(CC6CC(c7ccc(C8CCC(=O)NC8=O)cc7)C6)CC5)ccc4c23)c1F. The van der Waals surface area contributed by atoms with Crippen molar-refractivity contribution in [1.82, 2.24) is 40.6 Å². The van der Waals surface area contributed by atoms with Crippen molar-refractivity contribution in [2.24, 2.45) is 5.92 Å². The van der Waals surface area contributed by atoms with Gasteiger partial charge < -0.3 is 19.7 Å². The molecule has 3 aliphatic rings. The summed E-state index contributed by atoms with van der Waals surface area (Å²) in [5.74, 6) is -0.00228. The second kappa shape index (κ2) is 15.5. The van der Waals surface area contributed by atoms with Gasteiger partial charge in [-0.1, -0.05) is 62.3 Å². The van der Waals surface area contributed by atoms with E-state index in [9.17, 15) is 14.4 Å². The molecule has 1 unspecified atom stereocenters. The quantitative estimate of drug-likeness (QED) is 0.127. The molecule has 3 aromatic carbocycles. The highest BCUT2D eigenvalue weighted by atomic mass is 19.1. The number of carbonyl (C=O) groups is 3. The van der Waals surface area contributed by atoms with Crippen molar-refractivity contribution < 1.29 is 23.3 Å². The van der Waals surface area contributed by atoms with E-state index in [0.717, 1.165) is 60.3 Å². The first-order valence-corrected chi connectivity index (χ1v) is 20.9. The number of amides is 3. The van der Waals surface area contributed by atoms with Crippen molar-refractivity contribution in [2.75, 3.05) is 37.6 Å². The lowest BCUT2D eigenvalue weighted by atomic mass is 9.71. The summed E-state index contributed by atoms with van der Waals surface area (Å²) in [5, 5.41) is 10.9. The van der Waals surface area contributed by atoms with Crippen LogP contribution >= 0.6 is 0 Å². The molecule has 3 aromatic heterocycles. The predicted molar refractivity (Wildman–Crippen MR) is 226 cm³/mol. The monoisotopic (exact) mass is 811 g/mol. The molecule has 310 valence electrons. The number of fused-ring (bicyclic) bond motifs is 3. The largest absolute Gasteiger partial charge is 0.369 e. The van der Waals surface area contributed by atoms with Crippen molar-refractivity contribution in [1.29, 1.82) is 0 Å². The van der Waals surface area contributed by atoms with Gasteiger partial charge in [0.05, 0.1) is 23.0 Å². The van der Waals surface area contributed by atoms with Crippen molar-refractivity contribution in [3.8, 4) is 11.3 Å². The average Bonchev–Trinajstić information content (AvgIpc) is 3.87. The number of carbonyl (C=O) groups excluding carboxylic acids is 3. The molecule has 9 rings (SSSR count). The summed E-state index contributed by atoms with van der Waals surface area (Å²) in [4.78, 5) is 58.6. The van der Waals surface area contributed by atoms with E-state index in [0.29, 0.717) is 58.6 Å². The first-order chi connectivity index (χ1) is 28.8. The molecule has 1 aliphatic carbocycles. The number of H-pyrrole nitrogens is 1. The van der Waals surface area contributed by atoms with Gasteiger partial charge in [0.15, 0.2) is 0 Å². The molecular formula is C46H50FN9O4. The number of piperidine rings is 1. The number of imide groups is 1. The Hall–Kier alpha value is -6.02. The van der Waals surface area contributed by atoms with Gasteiger partial charge in [-0.05, 0) is 85.4 Å². The number of anilines is 1. The zero-order valence-electron chi connectivity index (χ0n) is 34.6. The van der Waals surface area contributed by atoms with Crippen LogP contribution in [0.3, 0.4) is 0 Å². The van der Waals surface area contributed by atoms with E-state index in [1.165, 1.54) is 24.7 Å². The molecule has 2 saturated heterocycles. The van der Waals surface area contributed by atoms with Crippen LogP contribution in [0.15, 0.2) is 65.4 Å². The normalized spacial score (nSPS) is 20.6. The van der Waals surface area contributed by atoms with E-state index in [-0.39, 0.29) is 23.6 Å². The Morgan fingerprint density at radius 2 is 1.75 bits per heavy atom. The fraction of sp³-hybridized carbons (Fsp3) is 0.413. The summed E-state index contributed by atoms with van der Waals surface area (Å²) >= 11 is 0. The molecule has 2 aliphatic heterocycles. The fourth-order valence-electron chi connectivity index (χ4n) is 9.15. The molecule has 3 fully saturated rings. The Labute approximate surface area is 347 Å². The summed E-state index contributed by atoms with van der Waals surface area (Å²) in [7, 11) is 0. The molecule has 2 atom stereocenters. The predicted octanol–water partition coefficient (Wildman–Crippen LogP) is 7.23. The maximum Gasteiger partial charge on any atom is 0.293 e. The van der Waals surface area contributed by atoms with Crippen LogP contribution in [0, 0.1) is 18.7 Å². The zero-order chi connectivity index (χ0) is 41.9. The minimum absolute atomic E-state index is 0.0661. The summed E-state index contributed by atoms with van der Waals surface area (Å²) in [5.41, 5.74) is 6.50. The number of nitrogens with zero attached hydrogens (tertiary/aromatic N) is 6. The molecule has 3 N–H and O–H groups in total. The van der Waals surface area contributed by atoms with E-state index in [1.54, 1.807) is 19.9 Å². The molecule has 0 spiro atoms. The highest BCUT2D eigenvalue weighted by molar-refractivity contribution is 6.12. The van der Waals surface area contributed by atoms with Crippen molar-refractivity contribution in [3.05, 3.63) is 101 Å². The van der Waals surface area contributed by atoms with E-state index in [4.69, 9.17) is 4.52 Å². The number of halogens is 1. The smallest absolute Gasteiger partial charge is 0.293 e. The molecule has 14 heteroatoms. The van der Waals surface area contributed by atoms with Gasteiger partial charge >= 0.3 is 0 Å². The first kappa shape index (κ1) is 39.4. The molecule has 1 saturated carbocycles. The number of hydrogen-bond acceptors (Lipinski definition) is 10. The van der Waals surface area contributed by atoms with E-state index < -0.39 is 23.2 Å². The minimum atomic E-state index is -0.521. The van der Waals surface area contributed by atoms with Crippen LogP contribution in [0.2, 0.25) is 0 Å². The third kappa shape index (κ3) is 7.53. The Kier molecular flexibility index (Phi) is 10.2. The van der Waals surface area contributed by atoms with Crippen molar-refractivity contribution in [2.45, 2.75) is 83.6 Å². The van der Waals surface area contributed by atoms with Crippen LogP contribution in [-0.2, 0) is 15.0 Å². The Bertz CT molecular complexity index is 2620. The van der Waals surface area contributed by atoms with Crippen LogP contribution in [-0.4, -0.2) is 80.4 Å². The number of piperazine rings is 1. The Morgan fingerprint density at radius 3 is 2.47 bits per heavy atom. The van der Waals surface area contributed by atoms with Gasteiger partial charge in [-0.3, -0.25) is 24.6 Å². The maximum absolute atomic E-state index is 16.3. The molecule has 60 heavy (non-hydrogen) atoms. The Balaban J connectivity index is 0.823. The van der Waals surface area contributed by atoms with Crippen LogP contribution in [0.1, 0.15) is 110 Å². The Morgan fingerprint density at radius 1 is 1.00 bits per heavy atom. The fourth-order valence-corrected chi connectivity index (χ4v) is 9.15. The van der Waals surface area contributed by atoms with Crippen LogP contribution in [0.5, 0.6) is 0 Å². The first-order valence-electron chi connectivity index (χ1n) is 20.9. The summed E-state index contributed by atoms with van der Waals surface area (Å²) in [6.45, 7) is 14.2. The number of benzene rings is 3. The number of aromatic nitrogens is 5. The number of rotatable bonds is 9. The van der Waals surface area contributed by atoms with Gasteiger partial charge in [0, 0.05) is 66.7 Å². The number of aromatic amines is 1. The highest BCUT2D eigenvalue weighted by Crippen LogP contribution is 2.43. The third-order valence-corrected chi connectivity index (χ3v) is 12.7. The summed E-state index contributed by atoms with van der Waals surface area (Å²) in [6, 6.07) is 17.8. The third-order valence-electron chi connectivity index (χ3n) is 12.7. The topological polar surface area (TPSA) is 162 Å². The zero-order valence-corrected chi connectivity index (χ0v) is 34.6. The van der Waals surface area contributed by atoms with Gasteiger partial charge in [0.1, 0.15) is 17.8 Å². The second-order valence-corrected chi connectivity index (χ2v) is 17.8. The molecule has 5 heterocycles. The molecule has 0 radical (unpaired) electrons. The van der Waals surface area contributed by atoms with Gasteiger partial charge in [-0.15, -0.1) is 0 Å². The van der Waals surface area contributed by atoms with Crippen molar-refractivity contribution >= 4 is 45.3 Å². The van der Waals surface area contributed by atoms with E-state index >= 15 is 4.39 Å². The maximum atomic E-state index is 16.3. The van der Waals surface area contributed by atoms with E-state index in [1.807, 2.05) is 26.8 Å². The molecular weight excluding hydrogens is 762 g/mol. The van der Waals surface area contributed by atoms with Crippen LogP contribution < -0.4 is 15.5 Å². The highest BCUT2D eigenvalue weighted by Gasteiger charge is 2.34. The molecule has 0 bridgehead atoms. The molecule has 3 amide bonds. The van der Waals surface area contributed by atoms with Gasteiger partial charge in [-0.25, -0.2) is 14.4 Å². The minimum Gasteiger partial charge on any atom is -0.369 e. The summed E-state index contributed by atoms with van der Waals surface area (Å²) in [6.07, 6.45) is 4.77. The summed E-state index contributed by atoms with van der Waals surface area (Å²) < 4.78 is 21.6. The standard InChI is InChI=1S/C46H50FN9O4/c1-25-32(26(2)50-44(59)42-53-45(60-54-42)46(3,4)5)12-13-35(39(25)47)40-38-34-11-10-31(22-36(34)51-41(38)49-24-48-40)56-18-16-55(17-19-56)23-27-20-30(21-27)28-6-8-29(9-7-28)33-14-15-37(57)52-43(33)58/h6-13,22,24,26-27,30,33H,14-21,23H2,1-5H3,(H,50,59)(H,48,49,51)(H,52,57,58)/t26-,27?,30?,33?/m1/s1. The molecule has 13 nitrogen and oxygen atoms in total. The molecule has 6 aromatic rings. The van der Waals surface area contributed by atoms with Crippen molar-refractivity contribution in [3.63, 3.8) is 0 Å². The second-order valence-electron chi connectivity index (χ2n) is 17.8. The number of hydrogen-bond donors (Lipinski definition) is 3. The lowest BCUT2D eigenvalue weighted by molar-refractivity contribution is -0.134. The van der Waals surface area contributed by atoms with Crippen LogP contribution in [0.4, 0.5) is 10.1 Å². The van der Waals surface area contributed by atoms with Crippen LogP contribution in [0.25, 0.3) is 33.2 Å². The average molecular weight is 812 g/mol. The van der Waals surface area contributed by atoms with E-state index in [2.05, 4.69) is 88.0 Å². The van der Waals surface area contributed by atoms with Gasteiger partial charge in [0.25, 0.3) is 11.7 Å².